The molecule has 0 unspecified atom stereocenters. The molecule has 152 valence electrons. The fraction of sp³-hybridized carbons (Fsp3) is 0.238. The lowest BCUT2D eigenvalue weighted by Gasteiger charge is -2.12. The maximum Gasteiger partial charge on any atom is 0.293 e. The molecule has 29 heavy (non-hydrogen) atoms. The highest BCUT2D eigenvalue weighted by Gasteiger charge is 2.34. The van der Waals surface area contributed by atoms with E-state index in [0.717, 1.165) is 17.3 Å². The van der Waals surface area contributed by atoms with Gasteiger partial charge in [0.05, 0.1) is 15.0 Å². The van der Waals surface area contributed by atoms with E-state index in [1.165, 1.54) is 4.90 Å². The number of halogens is 2. The Morgan fingerprint density at radius 2 is 1.79 bits per heavy atom. The first-order valence-electron chi connectivity index (χ1n) is 8.89. The molecule has 0 N–H and O–H groups in total. The van der Waals surface area contributed by atoms with Gasteiger partial charge in [0.15, 0.2) is 5.75 Å². The van der Waals surface area contributed by atoms with E-state index in [1.54, 1.807) is 25.3 Å². The molecule has 1 aliphatic rings. The Hall–Kier alpha value is -1.99. The molecule has 0 aromatic heterocycles. The van der Waals surface area contributed by atoms with Crippen LogP contribution >= 0.6 is 35.0 Å². The molecule has 0 saturated carbocycles. The Labute approximate surface area is 183 Å². The summed E-state index contributed by atoms with van der Waals surface area (Å²) in [5.41, 5.74) is 1.61. The highest BCUT2D eigenvalue weighted by Crippen LogP contribution is 2.37. The molecule has 0 spiro atoms. The molecule has 2 aromatic rings. The van der Waals surface area contributed by atoms with Crippen LogP contribution < -0.4 is 4.74 Å². The van der Waals surface area contributed by atoms with Crippen molar-refractivity contribution in [3.63, 3.8) is 0 Å². The number of ether oxygens (including phenoxy) is 2. The standard InChI is InChI=1S/C21H19Cl2NO4S/c1-27-9-5-8-24-20(25)18(29-21(24)26)12-15-10-16(22)19(17(23)11-15)28-13-14-6-3-2-4-7-14/h2-4,6-7,10-12H,5,8-9,13H2,1H3/b18-12+. The topological polar surface area (TPSA) is 55.8 Å². The van der Waals surface area contributed by atoms with Crippen molar-refractivity contribution in [3.8, 4) is 5.75 Å². The van der Waals surface area contributed by atoms with E-state index in [4.69, 9.17) is 32.7 Å². The number of carbonyl (C=O) groups excluding carboxylic acids is 2. The first kappa shape index (κ1) is 21.7. The van der Waals surface area contributed by atoms with Crippen LogP contribution in [-0.2, 0) is 16.1 Å². The minimum Gasteiger partial charge on any atom is -0.486 e. The predicted molar refractivity (Wildman–Crippen MR) is 116 cm³/mol. The second kappa shape index (κ2) is 10.2. The fourth-order valence-corrected chi connectivity index (χ4v) is 4.22. The summed E-state index contributed by atoms with van der Waals surface area (Å²) in [6, 6.07) is 13.0. The SMILES string of the molecule is COCCCN1C(=O)S/C(=C/c2cc(Cl)c(OCc3ccccc3)c(Cl)c2)C1=O. The number of thioether (sulfide) groups is 1. The van der Waals surface area contributed by atoms with Gasteiger partial charge >= 0.3 is 0 Å². The van der Waals surface area contributed by atoms with Gasteiger partial charge in [0.1, 0.15) is 6.61 Å². The zero-order valence-corrected chi connectivity index (χ0v) is 18.0. The summed E-state index contributed by atoms with van der Waals surface area (Å²) in [5, 5.41) is 0.371. The second-order valence-corrected chi connectivity index (χ2v) is 8.08. The van der Waals surface area contributed by atoms with Gasteiger partial charge in [-0.2, -0.15) is 0 Å². The lowest BCUT2D eigenvalue weighted by molar-refractivity contribution is -0.122. The van der Waals surface area contributed by atoms with Crippen LogP contribution in [0.25, 0.3) is 6.08 Å². The summed E-state index contributed by atoms with van der Waals surface area (Å²) in [6.45, 7) is 1.14. The van der Waals surface area contributed by atoms with Gasteiger partial charge in [-0.25, -0.2) is 0 Å². The molecular weight excluding hydrogens is 433 g/mol. The number of benzene rings is 2. The van der Waals surface area contributed by atoms with Crippen molar-refractivity contribution in [2.24, 2.45) is 0 Å². The van der Waals surface area contributed by atoms with Crippen LogP contribution in [0.1, 0.15) is 17.5 Å². The van der Waals surface area contributed by atoms with E-state index in [-0.39, 0.29) is 11.1 Å². The molecule has 2 amide bonds. The van der Waals surface area contributed by atoms with Gasteiger partial charge in [-0.1, -0.05) is 53.5 Å². The second-order valence-electron chi connectivity index (χ2n) is 6.27. The van der Waals surface area contributed by atoms with Crippen LogP contribution in [0.3, 0.4) is 0 Å². The fourth-order valence-electron chi connectivity index (χ4n) is 2.74. The average molecular weight is 452 g/mol. The van der Waals surface area contributed by atoms with Crippen molar-refractivity contribution < 1.29 is 19.1 Å². The van der Waals surface area contributed by atoms with Crippen molar-refractivity contribution in [2.75, 3.05) is 20.3 Å². The molecule has 0 radical (unpaired) electrons. The average Bonchev–Trinajstić information content (AvgIpc) is 2.95. The number of carbonyl (C=O) groups is 2. The van der Waals surface area contributed by atoms with Crippen molar-refractivity contribution in [3.05, 3.63) is 68.5 Å². The molecule has 8 heteroatoms. The van der Waals surface area contributed by atoms with Crippen LogP contribution in [0.2, 0.25) is 10.0 Å². The number of amides is 2. The van der Waals surface area contributed by atoms with Crippen LogP contribution in [0.5, 0.6) is 5.75 Å². The van der Waals surface area contributed by atoms with Crippen molar-refractivity contribution >= 4 is 52.2 Å². The molecule has 0 atom stereocenters. The number of rotatable bonds is 8. The molecule has 5 nitrogen and oxygen atoms in total. The summed E-state index contributed by atoms with van der Waals surface area (Å²) < 4.78 is 10.7. The van der Waals surface area contributed by atoms with Gasteiger partial charge < -0.3 is 9.47 Å². The van der Waals surface area contributed by atoms with E-state index < -0.39 is 0 Å². The van der Waals surface area contributed by atoms with Crippen molar-refractivity contribution in [1.82, 2.24) is 4.90 Å². The third-order valence-electron chi connectivity index (χ3n) is 4.15. The molecule has 2 aromatic carbocycles. The smallest absolute Gasteiger partial charge is 0.293 e. The minimum atomic E-state index is -0.326. The summed E-state index contributed by atoms with van der Waals surface area (Å²) in [6.07, 6.45) is 2.20. The summed E-state index contributed by atoms with van der Waals surface area (Å²) in [7, 11) is 1.58. The number of hydrogen-bond acceptors (Lipinski definition) is 5. The normalized spacial score (nSPS) is 15.4. The summed E-state index contributed by atoms with van der Waals surface area (Å²) in [4.78, 5) is 26.1. The number of nitrogens with zero attached hydrogens (tertiary/aromatic N) is 1. The van der Waals surface area contributed by atoms with E-state index in [0.29, 0.717) is 52.4 Å². The monoisotopic (exact) mass is 451 g/mol. The Bertz CT molecular complexity index is 911. The largest absolute Gasteiger partial charge is 0.486 e. The van der Waals surface area contributed by atoms with Gasteiger partial charge in [-0.3, -0.25) is 14.5 Å². The quantitative estimate of drug-likeness (QED) is 0.383. The summed E-state index contributed by atoms with van der Waals surface area (Å²) in [5.74, 6) is 0.0507. The van der Waals surface area contributed by atoms with Crippen molar-refractivity contribution in [2.45, 2.75) is 13.0 Å². The number of hydrogen-bond donors (Lipinski definition) is 0. The van der Waals surface area contributed by atoms with E-state index in [9.17, 15) is 9.59 Å². The highest BCUT2D eigenvalue weighted by molar-refractivity contribution is 8.18. The molecule has 1 aliphatic heterocycles. The minimum absolute atomic E-state index is 0.294. The van der Waals surface area contributed by atoms with Crippen molar-refractivity contribution in [1.29, 1.82) is 0 Å². The molecule has 1 saturated heterocycles. The van der Waals surface area contributed by atoms with Gasteiger partial charge in [0, 0.05) is 20.3 Å². The summed E-state index contributed by atoms with van der Waals surface area (Å²) >= 11 is 13.6. The van der Waals surface area contributed by atoms with E-state index >= 15 is 0 Å². The highest BCUT2D eigenvalue weighted by atomic mass is 35.5. The number of imide groups is 1. The predicted octanol–water partition coefficient (Wildman–Crippen LogP) is 5.65. The van der Waals surface area contributed by atoms with Gasteiger partial charge in [0.25, 0.3) is 11.1 Å². The lowest BCUT2D eigenvalue weighted by atomic mass is 10.2. The van der Waals surface area contributed by atoms with Gasteiger partial charge in [-0.15, -0.1) is 0 Å². The third kappa shape index (κ3) is 5.54. The molecule has 0 aliphatic carbocycles. The number of methoxy groups -OCH3 is 1. The van der Waals surface area contributed by atoms with Gasteiger partial charge in [0.2, 0.25) is 0 Å². The van der Waals surface area contributed by atoms with E-state index in [1.807, 2.05) is 30.3 Å². The Morgan fingerprint density at radius 1 is 1.10 bits per heavy atom. The molecule has 1 fully saturated rings. The van der Waals surface area contributed by atoms with E-state index in [2.05, 4.69) is 0 Å². The first-order chi connectivity index (χ1) is 14.0. The first-order valence-corrected chi connectivity index (χ1v) is 10.5. The Kier molecular flexibility index (Phi) is 7.61. The molecule has 0 bridgehead atoms. The van der Waals surface area contributed by atoms with Crippen LogP contribution in [0.15, 0.2) is 47.4 Å². The molecular formula is C21H19Cl2NO4S. The third-order valence-corrected chi connectivity index (χ3v) is 5.62. The van der Waals surface area contributed by atoms with Crippen LogP contribution in [0.4, 0.5) is 4.79 Å². The Morgan fingerprint density at radius 3 is 2.45 bits per heavy atom. The maximum atomic E-state index is 12.5. The zero-order chi connectivity index (χ0) is 20.8. The maximum absolute atomic E-state index is 12.5. The van der Waals surface area contributed by atoms with Gasteiger partial charge in [-0.05, 0) is 47.5 Å². The molecule has 3 rings (SSSR count). The van der Waals surface area contributed by atoms with Crippen LogP contribution in [-0.4, -0.2) is 36.3 Å². The zero-order valence-electron chi connectivity index (χ0n) is 15.7. The lowest BCUT2D eigenvalue weighted by Crippen LogP contribution is -2.29. The molecule has 1 heterocycles. The Balaban J connectivity index is 1.73. The van der Waals surface area contributed by atoms with Crippen LogP contribution in [0, 0.1) is 0 Å².